The van der Waals surface area contributed by atoms with Gasteiger partial charge in [-0.05, 0) is 52.7 Å². The minimum absolute atomic E-state index is 0.106. The Labute approximate surface area is 130 Å². The number of rotatable bonds is 2. The van der Waals surface area contributed by atoms with Crippen molar-refractivity contribution >= 4 is 32.6 Å². The second kappa shape index (κ2) is 5.11. The molecule has 0 aliphatic heterocycles. The average molecular weight is 346 g/mol. The van der Waals surface area contributed by atoms with Crippen LogP contribution < -0.4 is 0 Å². The molecular weight excluding hydrogens is 333 g/mol. The van der Waals surface area contributed by atoms with Gasteiger partial charge in [-0.1, -0.05) is 12.1 Å². The standard InChI is InChI=1S/C17H13BrFNO/c1-10-3-5-12-13(9-20(2)16(12)7-10)17(21)11-4-6-15(19)14(18)8-11/h3-9H,1-2H3. The maximum atomic E-state index is 13.3. The van der Waals surface area contributed by atoms with E-state index in [1.54, 1.807) is 0 Å². The number of fused-ring (bicyclic) bond motifs is 1. The summed E-state index contributed by atoms with van der Waals surface area (Å²) in [6.07, 6.45) is 1.82. The predicted octanol–water partition coefficient (Wildman–Crippen LogP) is 4.62. The lowest BCUT2D eigenvalue weighted by atomic mass is 10.0. The number of ketones is 1. The zero-order valence-electron chi connectivity index (χ0n) is 11.7. The first-order valence-electron chi connectivity index (χ1n) is 6.53. The average Bonchev–Trinajstić information content (AvgIpc) is 2.78. The molecule has 0 unspecified atom stereocenters. The first-order valence-corrected chi connectivity index (χ1v) is 7.32. The number of aromatic nitrogens is 1. The number of hydrogen-bond donors (Lipinski definition) is 0. The van der Waals surface area contributed by atoms with Crippen LogP contribution in [-0.2, 0) is 7.05 Å². The van der Waals surface area contributed by atoms with E-state index in [4.69, 9.17) is 0 Å². The Morgan fingerprint density at radius 1 is 1.19 bits per heavy atom. The Bertz CT molecular complexity index is 867. The molecule has 1 heterocycles. The molecule has 21 heavy (non-hydrogen) atoms. The van der Waals surface area contributed by atoms with E-state index in [0.29, 0.717) is 15.6 Å². The van der Waals surface area contributed by atoms with Crippen molar-refractivity contribution in [1.29, 1.82) is 0 Å². The van der Waals surface area contributed by atoms with Crippen molar-refractivity contribution in [1.82, 2.24) is 4.57 Å². The van der Waals surface area contributed by atoms with Crippen LogP contribution in [0.1, 0.15) is 21.5 Å². The van der Waals surface area contributed by atoms with E-state index in [1.807, 2.05) is 42.9 Å². The van der Waals surface area contributed by atoms with Gasteiger partial charge in [0.2, 0.25) is 0 Å². The number of hydrogen-bond acceptors (Lipinski definition) is 1. The summed E-state index contributed by atoms with van der Waals surface area (Å²) in [6, 6.07) is 10.3. The Morgan fingerprint density at radius 2 is 1.95 bits per heavy atom. The third-order valence-electron chi connectivity index (χ3n) is 3.57. The number of carbonyl (C=O) groups is 1. The maximum absolute atomic E-state index is 13.3. The van der Waals surface area contributed by atoms with Crippen molar-refractivity contribution in [2.45, 2.75) is 6.92 Å². The number of benzene rings is 2. The Kier molecular flexibility index (Phi) is 3.41. The highest BCUT2D eigenvalue weighted by atomic mass is 79.9. The van der Waals surface area contributed by atoms with Gasteiger partial charge in [-0.15, -0.1) is 0 Å². The molecule has 3 aromatic rings. The minimum atomic E-state index is -0.375. The van der Waals surface area contributed by atoms with Gasteiger partial charge in [-0.3, -0.25) is 4.79 Å². The molecule has 4 heteroatoms. The number of nitrogens with zero attached hydrogens (tertiary/aromatic N) is 1. The predicted molar refractivity (Wildman–Crippen MR) is 85.2 cm³/mol. The molecule has 2 nitrogen and oxygen atoms in total. The highest BCUT2D eigenvalue weighted by Gasteiger charge is 2.16. The first kappa shape index (κ1) is 14.0. The Balaban J connectivity index is 2.15. The van der Waals surface area contributed by atoms with Gasteiger partial charge in [0.15, 0.2) is 5.78 Å². The zero-order chi connectivity index (χ0) is 15.1. The molecule has 0 aliphatic rings. The quantitative estimate of drug-likeness (QED) is 0.621. The summed E-state index contributed by atoms with van der Waals surface area (Å²) in [6.45, 7) is 2.02. The fraction of sp³-hybridized carbons (Fsp3) is 0.118. The fourth-order valence-electron chi connectivity index (χ4n) is 2.47. The molecule has 0 fully saturated rings. The van der Waals surface area contributed by atoms with Gasteiger partial charge < -0.3 is 4.57 Å². The van der Waals surface area contributed by atoms with Crippen molar-refractivity contribution in [3.63, 3.8) is 0 Å². The van der Waals surface area contributed by atoms with Gasteiger partial charge in [-0.25, -0.2) is 4.39 Å². The largest absolute Gasteiger partial charge is 0.350 e. The molecule has 0 spiro atoms. The van der Waals surface area contributed by atoms with E-state index in [0.717, 1.165) is 16.5 Å². The lowest BCUT2D eigenvalue weighted by Crippen LogP contribution is -2.01. The third kappa shape index (κ3) is 2.40. The summed E-state index contributed by atoms with van der Waals surface area (Å²) in [5.41, 5.74) is 3.26. The molecule has 3 rings (SSSR count). The molecular formula is C17H13BrFNO. The maximum Gasteiger partial charge on any atom is 0.195 e. The van der Waals surface area contributed by atoms with Crippen LogP contribution in [0.5, 0.6) is 0 Å². The highest BCUT2D eigenvalue weighted by Crippen LogP contribution is 2.26. The van der Waals surface area contributed by atoms with Gasteiger partial charge >= 0.3 is 0 Å². The smallest absolute Gasteiger partial charge is 0.195 e. The van der Waals surface area contributed by atoms with Crippen molar-refractivity contribution < 1.29 is 9.18 Å². The molecule has 1 aromatic heterocycles. The van der Waals surface area contributed by atoms with E-state index in [1.165, 1.54) is 18.2 Å². The zero-order valence-corrected chi connectivity index (χ0v) is 13.2. The monoisotopic (exact) mass is 345 g/mol. The van der Waals surface area contributed by atoms with E-state index in [2.05, 4.69) is 15.9 Å². The molecule has 0 saturated carbocycles. The van der Waals surface area contributed by atoms with Crippen LogP contribution in [0.25, 0.3) is 10.9 Å². The topological polar surface area (TPSA) is 22.0 Å². The van der Waals surface area contributed by atoms with Gasteiger partial charge in [0, 0.05) is 35.3 Å². The van der Waals surface area contributed by atoms with Crippen molar-refractivity contribution in [2.24, 2.45) is 7.05 Å². The van der Waals surface area contributed by atoms with Gasteiger partial charge in [0.1, 0.15) is 5.82 Å². The van der Waals surface area contributed by atoms with Crippen LogP contribution in [0.3, 0.4) is 0 Å². The lowest BCUT2D eigenvalue weighted by molar-refractivity contribution is 0.104. The summed E-state index contributed by atoms with van der Waals surface area (Å²) in [4.78, 5) is 12.7. The molecule has 0 amide bonds. The van der Waals surface area contributed by atoms with E-state index in [-0.39, 0.29) is 11.6 Å². The Morgan fingerprint density at radius 3 is 2.67 bits per heavy atom. The lowest BCUT2D eigenvalue weighted by Gasteiger charge is -2.02. The number of carbonyl (C=O) groups excluding carboxylic acids is 1. The molecule has 0 saturated heterocycles. The molecule has 106 valence electrons. The molecule has 0 bridgehead atoms. The van der Waals surface area contributed by atoms with Crippen molar-refractivity contribution in [3.8, 4) is 0 Å². The second-order valence-electron chi connectivity index (χ2n) is 5.13. The van der Waals surface area contributed by atoms with Gasteiger partial charge in [-0.2, -0.15) is 0 Å². The summed E-state index contributed by atoms with van der Waals surface area (Å²) in [5.74, 6) is -0.481. The van der Waals surface area contributed by atoms with Crippen LogP contribution in [-0.4, -0.2) is 10.4 Å². The van der Waals surface area contributed by atoms with Crippen LogP contribution in [0.15, 0.2) is 47.1 Å². The normalized spacial score (nSPS) is 11.0. The van der Waals surface area contributed by atoms with Crippen LogP contribution >= 0.6 is 15.9 Å². The molecule has 0 radical (unpaired) electrons. The summed E-state index contributed by atoms with van der Waals surface area (Å²) in [7, 11) is 1.92. The summed E-state index contributed by atoms with van der Waals surface area (Å²) in [5, 5.41) is 0.911. The Hall–Kier alpha value is -1.94. The summed E-state index contributed by atoms with van der Waals surface area (Å²) < 4.78 is 15.5. The molecule has 0 aliphatic carbocycles. The second-order valence-corrected chi connectivity index (χ2v) is 5.99. The van der Waals surface area contributed by atoms with Crippen molar-refractivity contribution in [2.75, 3.05) is 0 Å². The van der Waals surface area contributed by atoms with Crippen LogP contribution in [0.2, 0.25) is 0 Å². The fourth-order valence-corrected chi connectivity index (χ4v) is 2.85. The van der Waals surface area contributed by atoms with Crippen LogP contribution in [0.4, 0.5) is 4.39 Å². The number of aryl methyl sites for hydroxylation is 2. The van der Waals surface area contributed by atoms with E-state index >= 15 is 0 Å². The molecule has 2 aromatic carbocycles. The van der Waals surface area contributed by atoms with Gasteiger partial charge in [0.25, 0.3) is 0 Å². The van der Waals surface area contributed by atoms with Crippen LogP contribution in [0, 0.1) is 12.7 Å². The summed E-state index contributed by atoms with van der Waals surface area (Å²) >= 11 is 3.12. The molecule has 0 N–H and O–H groups in total. The van der Waals surface area contributed by atoms with Crippen molar-refractivity contribution in [3.05, 3.63) is 69.6 Å². The minimum Gasteiger partial charge on any atom is -0.350 e. The first-order chi connectivity index (χ1) is 9.97. The highest BCUT2D eigenvalue weighted by molar-refractivity contribution is 9.10. The van der Waals surface area contributed by atoms with E-state index < -0.39 is 0 Å². The third-order valence-corrected chi connectivity index (χ3v) is 4.18. The SMILES string of the molecule is Cc1ccc2c(C(=O)c3ccc(F)c(Br)c3)cn(C)c2c1. The number of halogens is 2. The molecule has 0 atom stereocenters. The van der Waals surface area contributed by atoms with E-state index in [9.17, 15) is 9.18 Å². The van der Waals surface area contributed by atoms with Gasteiger partial charge in [0.05, 0.1) is 4.47 Å².